The molecule has 0 amide bonds. The summed E-state index contributed by atoms with van der Waals surface area (Å²) >= 11 is 0. The van der Waals surface area contributed by atoms with E-state index in [1.165, 1.54) is 0 Å². The van der Waals surface area contributed by atoms with Crippen LogP contribution in [-0.2, 0) is 7.05 Å². The van der Waals surface area contributed by atoms with Gasteiger partial charge in [-0.25, -0.2) is 4.98 Å². The van der Waals surface area contributed by atoms with Crippen molar-refractivity contribution in [2.24, 2.45) is 7.05 Å². The van der Waals surface area contributed by atoms with Crippen LogP contribution in [0, 0.1) is 6.92 Å². The second kappa shape index (κ2) is 4.85. The lowest BCUT2D eigenvalue weighted by atomic mass is 10.1. The van der Waals surface area contributed by atoms with E-state index in [-0.39, 0.29) is 0 Å². The molecule has 1 heterocycles. The van der Waals surface area contributed by atoms with E-state index >= 15 is 0 Å². The zero-order valence-corrected chi connectivity index (χ0v) is 10.6. The predicted molar refractivity (Wildman–Crippen MR) is 69.0 cm³/mol. The standard InChI is InChI=1S/C13H19N3O/c1-4-14-8-13(17)10-5-6-12-11(7-10)15-9(2)16(12)3/h5-7,13-14,17H,4,8H2,1-3H3. The second-order valence-corrected chi connectivity index (χ2v) is 4.29. The lowest BCUT2D eigenvalue weighted by Gasteiger charge is -2.11. The molecule has 0 spiro atoms. The summed E-state index contributed by atoms with van der Waals surface area (Å²) in [7, 11) is 2.00. The van der Waals surface area contributed by atoms with Gasteiger partial charge in [0, 0.05) is 13.6 Å². The first-order chi connectivity index (χ1) is 8.13. The number of hydrogen-bond acceptors (Lipinski definition) is 3. The molecule has 4 heteroatoms. The Kier molecular flexibility index (Phi) is 3.45. The van der Waals surface area contributed by atoms with Gasteiger partial charge in [-0.3, -0.25) is 0 Å². The molecule has 0 fully saturated rings. The Morgan fingerprint density at radius 3 is 2.94 bits per heavy atom. The molecule has 0 radical (unpaired) electrons. The number of fused-ring (bicyclic) bond motifs is 1. The third-order valence-corrected chi connectivity index (χ3v) is 3.10. The van der Waals surface area contributed by atoms with Gasteiger partial charge in [-0.2, -0.15) is 0 Å². The normalized spacial score (nSPS) is 13.2. The number of aliphatic hydroxyl groups excluding tert-OH is 1. The van der Waals surface area contributed by atoms with Crippen LogP contribution in [0.25, 0.3) is 11.0 Å². The molecular weight excluding hydrogens is 214 g/mol. The fourth-order valence-corrected chi connectivity index (χ4v) is 1.94. The monoisotopic (exact) mass is 233 g/mol. The van der Waals surface area contributed by atoms with Crippen LogP contribution in [0.2, 0.25) is 0 Å². The molecule has 0 aliphatic heterocycles. The largest absolute Gasteiger partial charge is 0.387 e. The number of nitrogens with one attached hydrogen (secondary N) is 1. The van der Waals surface area contributed by atoms with E-state index in [0.717, 1.165) is 29.0 Å². The summed E-state index contributed by atoms with van der Waals surface area (Å²) < 4.78 is 2.05. The van der Waals surface area contributed by atoms with Gasteiger partial charge < -0.3 is 15.0 Å². The van der Waals surface area contributed by atoms with E-state index in [0.29, 0.717) is 6.54 Å². The van der Waals surface area contributed by atoms with Gasteiger partial charge in [0.15, 0.2) is 0 Å². The van der Waals surface area contributed by atoms with E-state index in [1.54, 1.807) is 0 Å². The number of imidazole rings is 1. The Bertz CT molecular complexity index is 519. The lowest BCUT2D eigenvalue weighted by Crippen LogP contribution is -2.20. The van der Waals surface area contributed by atoms with Crippen LogP contribution in [-0.4, -0.2) is 27.7 Å². The molecule has 0 bridgehead atoms. The minimum Gasteiger partial charge on any atom is -0.387 e. The third-order valence-electron chi connectivity index (χ3n) is 3.10. The van der Waals surface area contributed by atoms with Crippen molar-refractivity contribution in [2.45, 2.75) is 20.0 Å². The maximum Gasteiger partial charge on any atom is 0.106 e. The molecule has 0 saturated heterocycles. The molecule has 2 rings (SSSR count). The molecule has 0 saturated carbocycles. The summed E-state index contributed by atoms with van der Waals surface area (Å²) in [5, 5.41) is 13.1. The highest BCUT2D eigenvalue weighted by atomic mass is 16.3. The quantitative estimate of drug-likeness (QED) is 0.842. The molecule has 1 atom stereocenters. The molecule has 2 N–H and O–H groups in total. The fraction of sp³-hybridized carbons (Fsp3) is 0.462. The fourth-order valence-electron chi connectivity index (χ4n) is 1.94. The smallest absolute Gasteiger partial charge is 0.106 e. The summed E-state index contributed by atoms with van der Waals surface area (Å²) in [5.74, 6) is 0.985. The number of likely N-dealkylation sites (N-methyl/N-ethyl adjacent to an activating group) is 1. The predicted octanol–water partition coefficient (Wildman–Crippen LogP) is 1.52. The molecule has 0 aliphatic carbocycles. The highest BCUT2D eigenvalue weighted by molar-refractivity contribution is 5.76. The van der Waals surface area contributed by atoms with Crippen LogP contribution in [0.4, 0.5) is 0 Å². The first-order valence-corrected chi connectivity index (χ1v) is 5.95. The molecule has 0 aliphatic rings. The van der Waals surface area contributed by atoms with Crippen molar-refractivity contribution in [2.75, 3.05) is 13.1 Å². The van der Waals surface area contributed by atoms with Gasteiger partial charge in [-0.1, -0.05) is 13.0 Å². The minimum absolute atomic E-state index is 0.471. The average Bonchev–Trinajstić information content (AvgIpc) is 2.61. The van der Waals surface area contributed by atoms with Crippen molar-refractivity contribution in [3.05, 3.63) is 29.6 Å². The van der Waals surface area contributed by atoms with E-state index in [2.05, 4.69) is 14.9 Å². The molecule has 2 aromatic rings. The Morgan fingerprint density at radius 1 is 1.47 bits per heavy atom. The first kappa shape index (κ1) is 12.1. The highest BCUT2D eigenvalue weighted by Crippen LogP contribution is 2.20. The molecule has 92 valence electrons. The summed E-state index contributed by atoms with van der Waals surface area (Å²) in [6.07, 6.45) is -0.471. The van der Waals surface area contributed by atoms with Crippen LogP contribution in [0.1, 0.15) is 24.4 Å². The van der Waals surface area contributed by atoms with Crippen molar-refractivity contribution in [3.63, 3.8) is 0 Å². The Hall–Kier alpha value is -1.39. The molecule has 1 unspecified atom stereocenters. The van der Waals surface area contributed by atoms with Crippen LogP contribution in [0.15, 0.2) is 18.2 Å². The van der Waals surface area contributed by atoms with Gasteiger partial charge in [-0.15, -0.1) is 0 Å². The van der Waals surface area contributed by atoms with Crippen molar-refractivity contribution in [1.82, 2.24) is 14.9 Å². The van der Waals surface area contributed by atoms with E-state index in [9.17, 15) is 5.11 Å². The van der Waals surface area contributed by atoms with E-state index in [4.69, 9.17) is 0 Å². The summed E-state index contributed by atoms with van der Waals surface area (Å²) in [4.78, 5) is 4.47. The number of hydrogen-bond donors (Lipinski definition) is 2. The van der Waals surface area contributed by atoms with Gasteiger partial charge in [0.1, 0.15) is 5.82 Å². The minimum atomic E-state index is -0.471. The highest BCUT2D eigenvalue weighted by Gasteiger charge is 2.10. The lowest BCUT2D eigenvalue weighted by molar-refractivity contribution is 0.176. The van der Waals surface area contributed by atoms with Gasteiger partial charge >= 0.3 is 0 Å². The summed E-state index contributed by atoms with van der Waals surface area (Å²) in [5.41, 5.74) is 2.96. The van der Waals surface area contributed by atoms with Crippen LogP contribution in [0.5, 0.6) is 0 Å². The molecule has 1 aromatic heterocycles. The van der Waals surface area contributed by atoms with Crippen LogP contribution in [0.3, 0.4) is 0 Å². The number of aryl methyl sites for hydroxylation is 2. The molecule has 17 heavy (non-hydrogen) atoms. The van der Waals surface area contributed by atoms with Crippen molar-refractivity contribution >= 4 is 11.0 Å². The van der Waals surface area contributed by atoms with Crippen LogP contribution >= 0.6 is 0 Å². The van der Waals surface area contributed by atoms with Crippen LogP contribution < -0.4 is 5.32 Å². The maximum absolute atomic E-state index is 9.99. The zero-order valence-electron chi connectivity index (χ0n) is 10.6. The van der Waals surface area contributed by atoms with Crippen molar-refractivity contribution in [1.29, 1.82) is 0 Å². The van der Waals surface area contributed by atoms with Crippen molar-refractivity contribution in [3.8, 4) is 0 Å². The number of rotatable bonds is 4. The maximum atomic E-state index is 9.99. The number of aromatic nitrogens is 2. The Labute approximate surface area is 101 Å². The van der Waals surface area contributed by atoms with E-state index < -0.39 is 6.10 Å². The van der Waals surface area contributed by atoms with Gasteiger partial charge in [-0.05, 0) is 31.2 Å². The molecule has 4 nitrogen and oxygen atoms in total. The Balaban J connectivity index is 2.31. The van der Waals surface area contributed by atoms with Gasteiger partial charge in [0.05, 0.1) is 17.1 Å². The number of benzene rings is 1. The summed E-state index contributed by atoms with van der Waals surface area (Å²) in [6, 6.07) is 5.94. The zero-order chi connectivity index (χ0) is 12.4. The second-order valence-electron chi connectivity index (χ2n) is 4.29. The SMILES string of the molecule is CCNCC(O)c1ccc2c(c1)nc(C)n2C. The van der Waals surface area contributed by atoms with Gasteiger partial charge in [0.2, 0.25) is 0 Å². The molecular formula is C13H19N3O. The topological polar surface area (TPSA) is 50.1 Å². The average molecular weight is 233 g/mol. The van der Waals surface area contributed by atoms with Gasteiger partial charge in [0.25, 0.3) is 0 Å². The van der Waals surface area contributed by atoms with E-state index in [1.807, 2.05) is 39.1 Å². The Morgan fingerprint density at radius 2 is 2.24 bits per heavy atom. The van der Waals surface area contributed by atoms with Crippen molar-refractivity contribution < 1.29 is 5.11 Å². The number of nitrogens with zero attached hydrogens (tertiary/aromatic N) is 2. The number of aliphatic hydroxyl groups is 1. The first-order valence-electron chi connectivity index (χ1n) is 5.95. The molecule has 1 aromatic carbocycles. The third kappa shape index (κ3) is 2.33. The summed E-state index contributed by atoms with van der Waals surface area (Å²) in [6.45, 7) is 5.45.